The fraction of sp³-hybridized carbons (Fsp3) is 0.562. The number of likely N-dealkylation sites (tertiary alicyclic amines) is 1. The minimum absolute atomic E-state index is 0.142. The van der Waals surface area contributed by atoms with Gasteiger partial charge in [-0.3, -0.25) is 4.79 Å². The van der Waals surface area contributed by atoms with E-state index in [1.165, 1.54) is 12.1 Å². The van der Waals surface area contributed by atoms with Crippen LogP contribution in [0.25, 0.3) is 0 Å². The first kappa shape index (κ1) is 14.8. The number of hydrogen-bond acceptors (Lipinski definition) is 2. The number of rotatable bonds is 4. The molecule has 0 spiro atoms. The van der Waals surface area contributed by atoms with Gasteiger partial charge in [-0.25, -0.2) is 4.39 Å². The van der Waals surface area contributed by atoms with Gasteiger partial charge in [-0.15, -0.1) is 0 Å². The van der Waals surface area contributed by atoms with Crippen molar-refractivity contribution in [1.82, 2.24) is 4.90 Å². The Balaban J connectivity index is 1.97. The quantitative estimate of drug-likeness (QED) is 0.845. The van der Waals surface area contributed by atoms with Gasteiger partial charge in [0, 0.05) is 25.3 Å². The van der Waals surface area contributed by atoms with Crippen molar-refractivity contribution < 1.29 is 9.18 Å². The lowest BCUT2D eigenvalue weighted by atomic mass is 9.99. The minimum Gasteiger partial charge on any atom is -0.362 e. The normalized spacial score (nSPS) is 16.2. The van der Waals surface area contributed by atoms with E-state index in [1.54, 1.807) is 6.07 Å². The summed E-state index contributed by atoms with van der Waals surface area (Å²) in [6.07, 6.45) is 2.16. The van der Waals surface area contributed by atoms with Gasteiger partial charge in [0.25, 0.3) is 0 Å². The number of benzene rings is 1. The summed E-state index contributed by atoms with van der Waals surface area (Å²) in [6, 6.07) is 6.43. The Hall–Kier alpha value is -1.58. The number of hydrogen-bond donors (Lipinski definition) is 0. The molecule has 0 radical (unpaired) electrons. The fourth-order valence-corrected chi connectivity index (χ4v) is 2.58. The van der Waals surface area contributed by atoms with E-state index in [0.29, 0.717) is 19.0 Å². The Morgan fingerprint density at radius 1 is 1.40 bits per heavy atom. The maximum Gasteiger partial charge on any atom is 0.242 e. The van der Waals surface area contributed by atoms with Crippen LogP contribution in [0.4, 0.5) is 10.1 Å². The Morgan fingerprint density at radius 2 is 2.10 bits per heavy atom. The molecule has 1 aliphatic heterocycles. The topological polar surface area (TPSA) is 23.6 Å². The van der Waals surface area contributed by atoms with Crippen molar-refractivity contribution in [1.29, 1.82) is 0 Å². The lowest BCUT2D eigenvalue weighted by Crippen LogP contribution is -2.44. The van der Waals surface area contributed by atoms with E-state index in [1.807, 2.05) is 22.8 Å². The van der Waals surface area contributed by atoms with E-state index < -0.39 is 0 Å². The van der Waals surface area contributed by atoms with Gasteiger partial charge >= 0.3 is 0 Å². The van der Waals surface area contributed by atoms with Gasteiger partial charge in [0.15, 0.2) is 0 Å². The molecule has 0 bridgehead atoms. The van der Waals surface area contributed by atoms with Crippen molar-refractivity contribution >= 4 is 11.6 Å². The third-order valence-electron chi connectivity index (χ3n) is 4.02. The summed E-state index contributed by atoms with van der Waals surface area (Å²) < 4.78 is 13.3. The standard InChI is InChI=1S/C16H23FN2O/c1-3-18(15-6-4-5-14(17)11-15)12-16(20)19-9-7-13(2)8-10-19/h4-6,11,13H,3,7-10,12H2,1-2H3. The number of halogens is 1. The monoisotopic (exact) mass is 278 g/mol. The molecule has 0 saturated carbocycles. The molecule has 0 aromatic heterocycles. The molecule has 1 saturated heterocycles. The smallest absolute Gasteiger partial charge is 0.242 e. The molecule has 110 valence electrons. The largest absolute Gasteiger partial charge is 0.362 e. The number of piperidine rings is 1. The van der Waals surface area contributed by atoms with Crippen LogP contribution in [0.1, 0.15) is 26.7 Å². The highest BCUT2D eigenvalue weighted by atomic mass is 19.1. The van der Waals surface area contributed by atoms with E-state index in [0.717, 1.165) is 31.6 Å². The van der Waals surface area contributed by atoms with Crippen molar-refractivity contribution in [2.45, 2.75) is 26.7 Å². The van der Waals surface area contributed by atoms with Crippen LogP contribution < -0.4 is 4.90 Å². The SMILES string of the molecule is CCN(CC(=O)N1CCC(C)CC1)c1cccc(F)c1. The first-order valence-corrected chi connectivity index (χ1v) is 7.38. The van der Waals surface area contributed by atoms with Gasteiger partial charge in [-0.05, 0) is 43.9 Å². The minimum atomic E-state index is -0.264. The maximum atomic E-state index is 13.3. The molecule has 0 N–H and O–H groups in total. The lowest BCUT2D eigenvalue weighted by molar-refractivity contribution is -0.131. The Kier molecular flexibility index (Phi) is 4.99. The fourth-order valence-electron chi connectivity index (χ4n) is 2.58. The van der Waals surface area contributed by atoms with E-state index in [9.17, 15) is 9.18 Å². The Bertz CT molecular complexity index is 456. The highest BCUT2D eigenvalue weighted by molar-refractivity contribution is 5.81. The molecule has 1 aromatic carbocycles. The summed E-state index contributed by atoms with van der Waals surface area (Å²) in [5.74, 6) is 0.591. The zero-order valence-corrected chi connectivity index (χ0v) is 12.3. The average molecular weight is 278 g/mol. The highest BCUT2D eigenvalue weighted by Gasteiger charge is 2.21. The molecule has 0 aliphatic carbocycles. The number of nitrogens with zero attached hydrogens (tertiary/aromatic N) is 2. The highest BCUT2D eigenvalue weighted by Crippen LogP contribution is 2.18. The van der Waals surface area contributed by atoms with Gasteiger partial charge in [0.05, 0.1) is 6.54 Å². The summed E-state index contributed by atoms with van der Waals surface area (Å²) in [4.78, 5) is 16.2. The van der Waals surface area contributed by atoms with E-state index in [2.05, 4.69) is 6.92 Å². The molecule has 0 atom stereocenters. The predicted octanol–water partition coefficient (Wildman–Crippen LogP) is 2.91. The second kappa shape index (κ2) is 6.73. The third-order valence-corrected chi connectivity index (χ3v) is 4.02. The first-order valence-electron chi connectivity index (χ1n) is 7.38. The van der Waals surface area contributed by atoms with Crippen LogP contribution in [0.3, 0.4) is 0 Å². The van der Waals surface area contributed by atoms with Gasteiger partial charge in [0.1, 0.15) is 5.82 Å². The van der Waals surface area contributed by atoms with Crippen LogP contribution in [0, 0.1) is 11.7 Å². The number of amides is 1. The molecule has 1 heterocycles. The molecular formula is C16H23FN2O. The maximum absolute atomic E-state index is 13.3. The number of likely N-dealkylation sites (N-methyl/N-ethyl adjacent to an activating group) is 1. The zero-order valence-electron chi connectivity index (χ0n) is 12.3. The van der Waals surface area contributed by atoms with Crippen LogP contribution in [0.5, 0.6) is 0 Å². The number of carbonyl (C=O) groups is 1. The van der Waals surface area contributed by atoms with E-state index in [-0.39, 0.29) is 11.7 Å². The summed E-state index contributed by atoms with van der Waals surface area (Å²) >= 11 is 0. The zero-order chi connectivity index (χ0) is 14.5. The van der Waals surface area contributed by atoms with E-state index >= 15 is 0 Å². The molecule has 1 aromatic rings. The van der Waals surface area contributed by atoms with E-state index in [4.69, 9.17) is 0 Å². The lowest BCUT2D eigenvalue weighted by Gasteiger charge is -2.32. The molecule has 0 unspecified atom stereocenters. The molecule has 4 heteroatoms. The second-order valence-electron chi connectivity index (χ2n) is 5.56. The third kappa shape index (κ3) is 3.71. The Morgan fingerprint density at radius 3 is 2.70 bits per heavy atom. The first-order chi connectivity index (χ1) is 9.60. The second-order valence-corrected chi connectivity index (χ2v) is 5.56. The van der Waals surface area contributed by atoms with Crippen LogP contribution in [-0.2, 0) is 4.79 Å². The molecule has 1 aliphatic rings. The predicted molar refractivity (Wildman–Crippen MR) is 79.3 cm³/mol. The Labute approximate surface area is 120 Å². The molecule has 1 amide bonds. The van der Waals surface area contributed by atoms with Crippen LogP contribution >= 0.6 is 0 Å². The van der Waals surface area contributed by atoms with Gasteiger partial charge in [0.2, 0.25) is 5.91 Å². The van der Waals surface area contributed by atoms with Gasteiger partial charge in [-0.1, -0.05) is 13.0 Å². The summed E-state index contributed by atoms with van der Waals surface area (Å²) in [6.45, 7) is 6.93. The van der Waals surface area contributed by atoms with Crippen molar-refractivity contribution in [3.05, 3.63) is 30.1 Å². The van der Waals surface area contributed by atoms with Gasteiger partial charge < -0.3 is 9.80 Å². The van der Waals surface area contributed by atoms with Crippen LogP contribution in [0.15, 0.2) is 24.3 Å². The van der Waals surface area contributed by atoms with Crippen LogP contribution in [-0.4, -0.2) is 37.0 Å². The molecular weight excluding hydrogens is 255 g/mol. The van der Waals surface area contributed by atoms with Crippen LogP contribution in [0.2, 0.25) is 0 Å². The number of anilines is 1. The van der Waals surface area contributed by atoms with Crippen molar-refractivity contribution in [2.24, 2.45) is 5.92 Å². The molecule has 20 heavy (non-hydrogen) atoms. The van der Waals surface area contributed by atoms with Crippen molar-refractivity contribution in [3.8, 4) is 0 Å². The van der Waals surface area contributed by atoms with Gasteiger partial charge in [-0.2, -0.15) is 0 Å². The molecule has 3 nitrogen and oxygen atoms in total. The summed E-state index contributed by atoms with van der Waals surface area (Å²) in [5, 5.41) is 0. The molecule has 1 fully saturated rings. The van der Waals surface area contributed by atoms with Crippen molar-refractivity contribution in [3.63, 3.8) is 0 Å². The average Bonchev–Trinajstić information content (AvgIpc) is 2.45. The number of carbonyl (C=O) groups excluding carboxylic acids is 1. The summed E-state index contributed by atoms with van der Waals surface area (Å²) in [5.41, 5.74) is 0.770. The summed E-state index contributed by atoms with van der Waals surface area (Å²) in [7, 11) is 0. The molecule has 2 rings (SSSR count). The van der Waals surface area contributed by atoms with Crippen molar-refractivity contribution in [2.75, 3.05) is 31.1 Å².